The molecule has 0 bridgehead atoms. The Kier molecular flexibility index (Phi) is 10.7. The summed E-state index contributed by atoms with van der Waals surface area (Å²) in [6.45, 7) is 7.04. The molecule has 0 radical (unpaired) electrons. The van der Waals surface area contributed by atoms with Crippen LogP contribution in [0.25, 0.3) is 0 Å². The molecule has 0 aliphatic carbocycles. The number of nitrogens with zero attached hydrogens (tertiary/aromatic N) is 2. The van der Waals surface area contributed by atoms with Gasteiger partial charge in [-0.2, -0.15) is 4.31 Å². The van der Waals surface area contributed by atoms with Crippen LogP contribution in [0.3, 0.4) is 0 Å². The highest BCUT2D eigenvalue weighted by Gasteiger charge is 2.31. The van der Waals surface area contributed by atoms with Crippen molar-refractivity contribution < 1.29 is 32.3 Å². The quantitative estimate of drug-likeness (QED) is 0.382. The standard InChI is InChI=1S/C26H35N5O7S2/c1-5-13-31(14-6-2)40(36,37)18-10-8-17(9-11-18)22(32)28-24-21(23(33)29-25(34)27-4)19-12-15-30(16-20(19)39-24)26(35)38-7-3/h8-11H,5-7,12-16H2,1-4H3,(H,28,32)(H2,27,29,33,34). The number of fused-ring (bicyclic) bond motifs is 1. The van der Waals surface area contributed by atoms with Gasteiger partial charge in [0.15, 0.2) is 0 Å². The number of anilines is 1. The lowest BCUT2D eigenvalue weighted by Gasteiger charge is -2.26. The molecule has 1 aromatic carbocycles. The van der Waals surface area contributed by atoms with E-state index in [4.69, 9.17) is 4.74 Å². The molecular formula is C26H35N5O7S2. The molecule has 2 aromatic rings. The highest BCUT2D eigenvalue weighted by atomic mass is 32.2. The SMILES string of the molecule is CCCN(CCC)S(=O)(=O)c1ccc(C(=O)Nc2sc3c(c2C(=O)NC(=O)NC)CCN(C(=O)OCC)C3)cc1. The average Bonchev–Trinajstić information content (AvgIpc) is 3.30. The molecule has 218 valence electrons. The van der Waals surface area contributed by atoms with Crippen LogP contribution in [0.15, 0.2) is 29.2 Å². The van der Waals surface area contributed by atoms with Gasteiger partial charge < -0.3 is 20.3 Å². The third-order valence-electron chi connectivity index (χ3n) is 6.19. The number of thiophene rings is 1. The molecule has 40 heavy (non-hydrogen) atoms. The zero-order valence-electron chi connectivity index (χ0n) is 23.0. The van der Waals surface area contributed by atoms with Gasteiger partial charge in [-0.1, -0.05) is 13.8 Å². The largest absolute Gasteiger partial charge is 0.450 e. The molecule has 0 spiro atoms. The summed E-state index contributed by atoms with van der Waals surface area (Å²) in [6.07, 6.45) is 1.21. The van der Waals surface area contributed by atoms with E-state index in [-0.39, 0.29) is 34.2 Å². The van der Waals surface area contributed by atoms with Crippen LogP contribution < -0.4 is 16.0 Å². The molecule has 5 amide bonds. The molecule has 0 saturated heterocycles. The van der Waals surface area contributed by atoms with Gasteiger partial charge in [-0.05, 0) is 56.0 Å². The van der Waals surface area contributed by atoms with Gasteiger partial charge in [0.25, 0.3) is 11.8 Å². The Morgan fingerprint density at radius 2 is 1.68 bits per heavy atom. The number of hydrogen-bond acceptors (Lipinski definition) is 8. The zero-order valence-corrected chi connectivity index (χ0v) is 24.7. The van der Waals surface area contributed by atoms with E-state index in [0.29, 0.717) is 49.3 Å². The Labute approximate surface area is 238 Å². The van der Waals surface area contributed by atoms with Crippen LogP contribution in [-0.4, -0.2) is 74.9 Å². The van der Waals surface area contributed by atoms with Crippen LogP contribution in [0.2, 0.25) is 0 Å². The van der Waals surface area contributed by atoms with E-state index in [1.54, 1.807) is 6.92 Å². The van der Waals surface area contributed by atoms with E-state index in [9.17, 15) is 27.6 Å². The third kappa shape index (κ3) is 6.98. The van der Waals surface area contributed by atoms with Crippen molar-refractivity contribution >= 4 is 50.3 Å². The van der Waals surface area contributed by atoms with E-state index in [2.05, 4.69) is 16.0 Å². The number of imide groups is 1. The maximum absolute atomic E-state index is 13.2. The Balaban J connectivity index is 1.89. The van der Waals surface area contributed by atoms with E-state index >= 15 is 0 Å². The summed E-state index contributed by atoms with van der Waals surface area (Å²) in [5.74, 6) is -1.25. The topological polar surface area (TPSA) is 154 Å². The predicted octanol–water partition coefficient (Wildman–Crippen LogP) is 3.39. The van der Waals surface area contributed by atoms with Crippen LogP contribution in [0, 0.1) is 0 Å². The van der Waals surface area contributed by atoms with Gasteiger partial charge in [-0.25, -0.2) is 18.0 Å². The molecule has 0 fully saturated rings. The molecule has 1 aliphatic heterocycles. The average molecular weight is 594 g/mol. The second-order valence-corrected chi connectivity index (χ2v) is 12.0. The maximum atomic E-state index is 13.2. The second kappa shape index (κ2) is 13.7. The van der Waals surface area contributed by atoms with Gasteiger partial charge in [0.2, 0.25) is 10.0 Å². The summed E-state index contributed by atoms with van der Waals surface area (Å²) < 4.78 is 32.6. The van der Waals surface area contributed by atoms with Crippen molar-refractivity contribution in [1.82, 2.24) is 19.8 Å². The molecule has 2 heterocycles. The first-order valence-electron chi connectivity index (χ1n) is 13.1. The van der Waals surface area contributed by atoms with Crippen molar-refractivity contribution in [2.45, 2.75) is 51.5 Å². The molecule has 0 saturated carbocycles. The molecule has 0 unspecified atom stereocenters. The molecule has 0 atom stereocenters. The number of rotatable bonds is 10. The first-order chi connectivity index (χ1) is 19.1. The fourth-order valence-electron chi connectivity index (χ4n) is 4.28. The number of carbonyl (C=O) groups is 4. The summed E-state index contributed by atoms with van der Waals surface area (Å²) >= 11 is 1.13. The van der Waals surface area contributed by atoms with Crippen molar-refractivity contribution in [2.24, 2.45) is 0 Å². The first-order valence-corrected chi connectivity index (χ1v) is 15.3. The monoisotopic (exact) mass is 593 g/mol. The Bertz CT molecular complexity index is 1350. The summed E-state index contributed by atoms with van der Waals surface area (Å²) in [5.41, 5.74) is 0.971. The van der Waals surface area contributed by atoms with Crippen LogP contribution in [0.5, 0.6) is 0 Å². The van der Waals surface area contributed by atoms with Gasteiger partial charge in [0.1, 0.15) is 5.00 Å². The summed E-state index contributed by atoms with van der Waals surface area (Å²) in [6, 6.07) is 4.90. The van der Waals surface area contributed by atoms with Crippen molar-refractivity contribution in [2.75, 3.05) is 38.6 Å². The lowest BCUT2D eigenvalue weighted by atomic mass is 10.0. The van der Waals surface area contributed by atoms with Crippen molar-refractivity contribution in [1.29, 1.82) is 0 Å². The van der Waals surface area contributed by atoms with E-state index in [1.165, 1.54) is 40.5 Å². The highest BCUT2D eigenvalue weighted by molar-refractivity contribution is 7.89. The Morgan fingerprint density at radius 3 is 2.25 bits per heavy atom. The molecule has 3 rings (SSSR count). The number of sulfonamides is 1. The third-order valence-corrected chi connectivity index (χ3v) is 9.24. The molecule has 3 N–H and O–H groups in total. The number of hydrogen-bond donors (Lipinski definition) is 3. The van der Waals surface area contributed by atoms with E-state index < -0.39 is 34.0 Å². The van der Waals surface area contributed by atoms with Gasteiger partial charge >= 0.3 is 12.1 Å². The van der Waals surface area contributed by atoms with Gasteiger partial charge in [0, 0.05) is 37.1 Å². The Morgan fingerprint density at radius 1 is 1.02 bits per heavy atom. The lowest BCUT2D eigenvalue weighted by molar-refractivity contribution is 0.0963. The predicted molar refractivity (Wildman–Crippen MR) is 151 cm³/mol. The van der Waals surface area contributed by atoms with Crippen LogP contribution >= 0.6 is 11.3 Å². The van der Waals surface area contributed by atoms with Gasteiger partial charge in [0.05, 0.1) is 23.6 Å². The minimum atomic E-state index is -3.71. The van der Waals surface area contributed by atoms with E-state index in [1.807, 2.05) is 13.8 Å². The number of carbonyl (C=O) groups excluding carboxylic acids is 4. The van der Waals surface area contributed by atoms with Crippen LogP contribution in [-0.2, 0) is 27.7 Å². The normalized spacial score (nSPS) is 13.0. The molecule has 14 heteroatoms. The molecule has 12 nitrogen and oxygen atoms in total. The van der Waals surface area contributed by atoms with E-state index in [0.717, 1.165) is 11.3 Å². The first kappa shape index (κ1) is 31.0. The van der Waals surface area contributed by atoms with Crippen molar-refractivity contribution in [3.8, 4) is 0 Å². The fraction of sp³-hybridized carbons (Fsp3) is 0.462. The lowest BCUT2D eigenvalue weighted by Crippen LogP contribution is -2.39. The Hall–Kier alpha value is -3.49. The van der Waals surface area contributed by atoms with Crippen molar-refractivity contribution in [3.63, 3.8) is 0 Å². The summed E-state index contributed by atoms with van der Waals surface area (Å²) in [4.78, 5) is 52.6. The summed E-state index contributed by atoms with van der Waals surface area (Å²) in [7, 11) is -2.33. The number of benzene rings is 1. The number of amides is 5. The van der Waals surface area contributed by atoms with Gasteiger partial charge in [-0.3, -0.25) is 14.9 Å². The van der Waals surface area contributed by atoms with Crippen LogP contribution in [0.1, 0.15) is 64.8 Å². The molecular weight excluding hydrogens is 558 g/mol. The number of urea groups is 1. The molecule has 1 aromatic heterocycles. The van der Waals surface area contributed by atoms with Crippen LogP contribution in [0.4, 0.5) is 14.6 Å². The minimum Gasteiger partial charge on any atom is -0.450 e. The summed E-state index contributed by atoms with van der Waals surface area (Å²) in [5, 5.41) is 7.52. The van der Waals surface area contributed by atoms with Gasteiger partial charge in [-0.15, -0.1) is 11.3 Å². The number of nitrogens with one attached hydrogen (secondary N) is 3. The minimum absolute atomic E-state index is 0.0854. The number of ether oxygens (including phenoxy) is 1. The zero-order chi connectivity index (χ0) is 29.4. The second-order valence-electron chi connectivity index (χ2n) is 8.99. The highest BCUT2D eigenvalue weighted by Crippen LogP contribution is 2.37. The van der Waals surface area contributed by atoms with Crippen molar-refractivity contribution in [3.05, 3.63) is 45.8 Å². The fourth-order valence-corrected chi connectivity index (χ4v) is 7.16. The smallest absolute Gasteiger partial charge is 0.410 e. The molecule has 1 aliphatic rings. The maximum Gasteiger partial charge on any atom is 0.410 e.